The first kappa shape index (κ1) is 8.02. The Morgan fingerprint density at radius 2 is 2.38 bits per heavy atom. The summed E-state index contributed by atoms with van der Waals surface area (Å²) < 4.78 is 0. The molecule has 0 aromatic carbocycles. The monoisotopic (exact) mass is 131 g/mol. The van der Waals surface area contributed by atoms with Crippen molar-refractivity contribution in [3.05, 3.63) is 0 Å². The van der Waals surface area contributed by atoms with Gasteiger partial charge in [0.1, 0.15) is 0 Å². The molecule has 0 heterocycles. The summed E-state index contributed by atoms with van der Waals surface area (Å²) in [6.07, 6.45) is 1.86. The molecule has 0 bridgehead atoms. The van der Waals surface area contributed by atoms with Crippen LogP contribution in [0.2, 0.25) is 0 Å². The summed E-state index contributed by atoms with van der Waals surface area (Å²) in [6, 6.07) is 0. The van der Waals surface area contributed by atoms with Crippen molar-refractivity contribution in [2.75, 3.05) is 18.1 Å². The first-order valence-electron chi connectivity index (χ1n) is 2.94. The smallest absolute Gasteiger partial charge is 0.0475 e. The molecular formula is C6H13NS. The summed E-state index contributed by atoms with van der Waals surface area (Å²) in [5, 5.41) is 0. The molecule has 0 N–H and O–H groups in total. The maximum atomic E-state index is 4.06. The van der Waals surface area contributed by atoms with Crippen LogP contribution in [0.3, 0.4) is 0 Å². The molecule has 8 heavy (non-hydrogen) atoms. The van der Waals surface area contributed by atoms with Gasteiger partial charge in [-0.05, 0) is 18.9 Å². The van der Waals surface area contributed by atoms with Crippen LogP contribution in [0.1, 0.15) is 13.8 Å². The average Bonchev–Trinajstić information content (AvgIpc) is 1.81. The van der Waals surface area contributed by atoms with Crippen LogP contribution in [-0.4, -0.2) is 24.3 Å². The second-order valence-electron chi connectivity index (χ2n) is 1.36. The predicted molar refractivity (Wildman–Crippen MR) is 42.0 cm³/mol. The largest absolute Gasteiger partial charge is 0.297 e. The van der Waals surface area contributed by atoms with Gasteiger partial charge in [-0.2, -0.15) is 11.8 Å². The van der Waals surface area contributed by atoms with E-state index in [0.717, 1.165) is 6.54 Å². The second-order valence-corrected chi connectivity index (χ2v) is 2.76. The fraction of sp³-hybridized carbons (Fsp3) is 0.833. The lowest BCUT2D eigenvalue weighted by Crippen LogP contribution is -1.84. The molecule has 1 nitrogen and oxygen atoms in total. The van der Waals surface area contributed by atoms with Gasteiger partial charge in [0.05, 0.1) is 0 Å². The molecule has 0 saturated carbocycles. The number of thioether (sulfide) groups is 1. The Hall–Kier alpha value is 0.0200. The molecule has 0 atom stereocenters. The van der Waals surface area contributed by atoms with Crippen LogP contribution in [0.25, 0.3) is 0 Å². The summed E-state index contributed by atoms with van der Waals surface area (Å²) in [6.45, 7) is 5.10. The van der Waals surface area contributed by atoms with Crippen molar-refractivity contribution >= 4 is 18.0 Å². The highest BCUT2D eigenvalue weighted by molar-refractivity contribution is 7.99. The quantitative estimate of drug-likeness (QED) is 0.419. The van der Waals surface area contributed by atoms with Crippen LogP contribution in [0.15, 0.2) is 4.99 Å². The third-order valence-corrected chi connectivity index (χ3v) is 1.63. The van der Waals surface area contributed by atoms with E-state index in [0.29, 0.717) is 0 Å². The molecule has 0 aromatic heterocycles. The van der Waals surface area contributed by atoms with Crippen LogP contribution in [-0.2, 0) is 0 Å². The van der Waals surface area contributed by atoms with E-state index in [4.69, 9.17) is 0 Å². The molecule has 0 aliphatic heterocycles. The van der Waals surface area contributed by atoms with Crippen LogP contribution in [0.5, 0.6) is 0 Å². The van der Waals surface area contributed by atoms with E-state index in [1.54, 1.807) is 0 Å². The maximum Gasteiger partial charge on any atom is 0.0475 e. The van der Waals surface area contributed by atoms with E-state index in [1.165, 1.54) is 11.5 Å². The van der Waals surface area contributed by atoms with Gasteiger partial charge in [0, 0.05) is 12.3 Å². The highest BCUT2D eigenvalue weighted by Gasteiger charge is 1.78. The average molecular weight is 131 g/mol. The minimum atomic E-state index is 0.981. The zero-order chi connectivity index (χ0) is 6.24. The minimum absolute atomic E-state index is 0.981. The molecule has 2 heteroatoms. The Labute approximate surface area is 55.6 Å². The van der Waals surface area contributed by atoms with Gasteiger partial charge in [-0.15, -0.1) is 0 Å². The van der Waals surface area contributed by atoms with Gasteiger partial charge in [-0.3, -0.25) is 4.99 Å². The van der Waals surface area contributed by atoms with Gasteiger partial charge in [-0.1, -0.05) is 6.92 Å². The van der Waals surface area contributed by atoms with Crippen LogP contribution in [0.4, 0.5) is 0 Å². The molecule has 0 saturated heterocycles. The van der Waals surface area contributed by atoms with Gasteiger partial charge < -0.3 is 0 Å². The standard InChI is InChI=1S/C6H13NS/c1-3-7-5-6-8-4-2/h3H,4-6H2,1-2H3. The molecule has 0 fully saturated rings. The number of hydrogen-bond acceptors (Lipinski definition) is 2. The molecule has 0 aromatic rings. The van der Waals surface area contributed by atoms with Crippen LogP contribution in [0, 0.1) is 0 Å². The molecule has 0 amide bonds. The second kappa shape index (κ2) is 7.02. The Morgan fingerprint density at radius 3 is 2.88 bits per heavy atom. The molecule has 0 aliphatic carbocycles. The van der Waals surface area contributed by atoms with Crippen molar-refractivity contribution in [1.29, 1.82) is 0 Å². The number of hydrogen-bond donors (Lipinski definition) is 0. The highest BCUT2D eigenvalue weighted by atomic mass is 32.2. The Balaban J connectivity index is 2.72. The molecule has 0 rings (SSSR count). The lowest BCUT2D eigenvalue weighted by molar-refractivity contribution is 1.15. The third kappa shape index (κ3) is 6.02. The van der Waals surface area contributed by atoms with Crippen LogP contribution >= 0.6 is 11.8 Å². The van der Waals surface area contributed by atoms with E-state index in [1.807, 2.05) is 24.9 Å². The summed E-state index contributed by atoms with van der Waals surface area (Å²) >= 11 is 1.93. The zero-order valence-corrected chi connectivity index (χ0v) is 6.37. The summed E-state index contributed by atoms with van der Waals surface area (Å²) in [5.41, 5.74) is 0. The van der Waals surface area contributed by atoms with Gasteiger partial charge >= 0.3 is 0 Å². The number of rotatable bonds is 4. The van der Waals surface area contributed by atoms with Crippen molar-refractivity contribution < 1.29 is 0 Å². The Morgan fingerprint density at radius 1 is 1.62 bits per heavy atom. The molecule has 48 valence electrons. The third-order valence-electron chi connectivity index (χ3n) is 0.751. The first-order valence-corrected chi connectivity index (χ1v) is 4.09. The summed E-state index contributed by atoms with van der Waals surface area (Å²) in [5.74, 6) is 2.38. The topological polar surface area (TPSA) is 12.4 Å². The lowest BCUT2D eigenvalue weighted by atomic mass is 10.7. The Bertz CT molecular complexity index is 61.5. The zero-order valence-electron chi connectivity index (χ0n) is 5.55. The lowest BCUT2D eigenvalue weighted by Gasteiger charge is -1.89. The van der Waals surface area contributed by atoms with Crippen molar-refractivity contribution in [2.45, 2.75) is 13.8 Å². The molecule has 0 spiro atoms. The maximum absolute atomic E-state index is 4.06. The van der Waals surface area contributed by atoms with Crippen molar-refractivity contribution in [3.8, 4) is 0 Å². The van der Waals surface area contributed by atoms with E-state index in [-0.39, 0.29) is 0 Å². The molecule has 0 radical (unpaired) electrons. The van der Waals surface area contributed by atoms with E-state index < -0.39 is 0 Å². The van der Waals surface area contributed by atoms with Gasteiger partial charge in [0.25, 0.3) is 0 Å². The van der Waals surface area contributed by atoms with Gasteiger partial charge in [0.15, 0.2) is 0 Å². The van der Waals surface area contributed by atoms with Crippen LogP contribution < -0.4 is 0 Å². The molecule has 0 unspecified atom stereocenters. The molecular weight excluding hydrogens is 118 g/mol. The van der Waals surface area contributed by atoms with Crippen molar-refractivity contribution in [2.24, 2.45) is 4.99 Å². The number of nitrogens with zero attached hydrogens (tertiary/aromatic N) is 1. The normalized spacial score (nSPS) is 10.8. The first-order chi connectivity index (χ1) is 3.91. The molecule has 0 aliphatic rings. The highest BCUT2D eigenvalue weighted by Crippen LogP contribution is 1.95. The minimum Gasteiger partial charge on any atom is -0.297 e. The van der Waals surface area contributed by atoms with E-state index in [9.17, 15) is 0 Å². The van der Waals surface area contributed by atoms with Crippen molar-refractivity contribution in [3.63, 3.8) is 0 Å². The number of aliphatic imine (C=N–C) groups is 1. The Kier molecular flexibility index (Phi) is 7.04. The van der Waals surface area contributed by atoms with Gasteiger partial charge in [0.2, 0.25) is 0 Å². The fourth-order valence-electron chi connectivity index (χ4n) is 0.391. The predicted octanol–water partition coefficient (Wildman–Crippen LogP) is 1.83. The summed E-state index contributed by atoms with van der Waals surface area (Å²) in [7, 11) is 0. The van der Waals surface area contributed by atoms with E-state index in [2.05, 4.69) is 11.9 Å². The fourth-order valence-corrected chi connectivity index (χ4v) is 0.914. The van der Waals surface area contributed by atoms with Gasteiger partial charge in [-0.25, -0.2) is 0 Å². The van der Waals surface area contributed by atoms with Crippen molar-refractivity contribution in [1.82, 2.24) is 0 Å². The van der Waals surface area contributed by atoms with E-state index >= 15 is 0 Å². The SMILES string of the molecule is CC=NCCSCC. The summed E-state index contributed by atoms with van der Waals surface area (Å²) in [4.78, 5) is 4.06.